The summed E-state index contributed by atoms with van der Waals surface area (Å²) in [6, 6.07) is 0. The van der Waals surface area contributed by atoms with Crippen LogP contribution in [0.1, 0.15) is 41.5 Å². The van der Waals surface area contributed by atoms with E-state index in [1.807, 2.05) is 41.5 Å². The van der Waals surface area contributed by atoms with Crippen LogP contribution < -0.4 is 0 Å². The van der Waals surface area contributed by atoms with Gasteiger partial charge >= 0.3 is 0 Å². The molecule has 1 unspecified atom stereocenters. The van der Waals surface area contributed by atoms with Crippen LogP contribution in [-0.4, -0.2) is 34.9 Å². The molecule has 15 heavy (non-hydrogen) atoms. The van der Waals surface area contributed by atoms with Gasteiger partial charge in [0.25, 0.3) is 0 Å². The molecule has 0 saturated heterocycles. The quantitative estimate of drug-likeness (QED) is 0.588. The summed E-state index contributed by atoms with van der Waals surface area (Å²) in [7, 11) is -2.37. The zero-order valence-electron chi connectivity index (χ0n) is 11.3. The first kappa shape index (κ1) is 15.2. The van der Waals surface area contributed by atoms with Gasteiger partial charge in [-0.2, -0.15) is 5.06 Å². The minimum atomic E-state index is -2.37. The highest BCUT2D eigenvalue weighted by molar-refractivity contribution is 7.63. The predicted octanol–water partition coefficient (Wildman–Crippen LogP) is 3.47. The second-order valence-electron chi connectivity index (χ2n) is 6.69. The van der Waals surface area contributed by atoms with Gasteiger partial charge in [0.05, 0.1) is 5.78 Å². The van der Waals surface area contributed by atoms with E-state index in [9.17, 15) is 9.77 Å². The smallest absolute Gasteiger partial charge is 0.101 e. The number of nitrogens with zero attached hydrogens (tertiary/aromatic N) is 1. The first-order valence-corrected chi connectivity index (χ1v) is 7.98. The van der Waals surface area contributed by atoms with Crippen LogP contribution in [0, 0.1) is 5.41 Å². The van der Waals surface area contributed by atoms with E-state index in [0.717, 1.165) is 0 Å². The van der Waals surface area contributed by atoms with Crippen molar-refractivity contribution in [1.82, 2.24) is 5.06 Å². The topological polar surface area (TPSA) is 40.5 Å². The lowest BCUT2D eigenvalue weighted by molar-refractivity contribution is -0.185. The molecule has 92 valence electrons. The minimum Gasteiger partial charge on any atom is -0.322 e. The molecule has 1 atom stereocenters. The third-order valence-corrected chi connectivity index (χ3v) is 4.45. The standard InChI is InChI=1S/C11H26NO2P/c1-10(2,3)9(15(7,8)14)12(13)11(4,5)6/h9,13H,1-8H3. The lowest BCUT2D eigenvalue weighted by Gasteiger charge is -2.44. The van der Waals surface area contributed by atoms with Crippen LogP contribution in [0.2, 0.25) is 0 Å². The molecule has 0 fully saturated rings. The van der Waals surface area contributed by atoms with E-state index < -0.39 is 7.14 Å². The maximum Gasteiger partial charge on any atom is 0.101 e. The van der Waals surface area contributed by atoms with Crippen molar-refractivity contribution in [2.45, 2.75) is 52.9 Å². The molecule has 3 nitrogen and oxygen atoms in total. The van der Waals surface area contributed by atoms with Gasteiger partial charge in [0.2, 0.25) is 0 Å². The largest absolute Gasteiger partial charge is 0.322 e. The molecular formula is C11H26NO2P. The van der Waals surface area contributed by atoms with Crippen molar-refractivity contribution < 1.29 is 9.77 Å². The summed E-state index contributed by atoms with van der Waals surface area (Å²) in [6.07, 6.45) is 0. The molecular weight excluding hydrogens is 209 g/mol. The Morgan fingerprint density at radius 3 is 1.47 bits per heavy atom. The average Bonchev–Trinajstić information content (AvgIpc) is 1.76. The molecule has 0 aromatic rings. The van der Waals surface area contributed by atoms with Crippen LogP contribution in [0.5, 0.6) is 0 Å². The fourth-order valence-corrected chi connectivity index (χ4v) is 4.67. The highest BCUT2D eigenvalue weighted by Crippen LogP contribution is 2.52. The first-order valence-electron chi connectivity index (χ1n) is 5.31. The Morgan fingerprint density at radius 2 is 1.40 bits per heavy atom. The normalized spacial score (nSPS) is 16.9. The van der Waals surface area contributed by atoms with E-state index in [2.05, 4.69) is 0 Å². The summed E-state index contributed by atoms with van der Waals surface area (Å²) in [5.41, 5.74) is -0.597. The molecule has 0 aliphatic heterocycles. The van der Waals surface area contributed by atoms with Crippen LogP contribution in [-0.2, 0) is 4.57 Å². The van der Waals surface area contributed by atoms with Gasteiger partial charge in [0.15, 0.2) is 0 Å². The molecule has 0 heterocycles. The van der Waals surface area contributed by atoms with Gasteiger partial charge in [-0.1, -0.05) is 20.8 Å². The van der Waals surface area contributed by atoms with E-state index in [-0.39, 0.29) is 16.7 Å². The first-order chi connectivity index (χ1) is 6.28. The molecule has 0 aliphatic carbocycles. The Labute approximate surface area is 94.2 Å². The number of hydrogen-bond donors (Lipinski definition) is 1. The molecule has 0 aromatic heterocycles. The predicted molar refractivity (Wildman–Crippen MR) is 66.1 cm³/mol. The van der Waals surface area contributed by atoms with Gasteiger partial charge in [-0.3, -0.25) is 0 Å². The van der Waals surface area contributed by atoms with E-state index >= 15 is 0 Å². The maximum absolute atomic E-state index is 12.2. The third kappa shape index (κ3) is 4.26. The SMILES string of the molecule is CC(C)(C)C(N(O)C(C)(C)C)P(C)(C)=O. The van der Waals surface area contributed by atoms with Gasteiger partial charge < -0.3 is 9.77 Å². The van der Waals surface area contributed by atoms with Crippen LogP contribution >= 0.6 is 7.14 Å². The zero-order valence-corrected chi connectivity index (χ0v) is 12.2. The summed E-state index contributed by atoms with van der Waals surface area (Å²) in [5.74, 6) is -0.315. The second kappa shape index (κ2) is 4.20. The van der Waals surface area contributed by atoms with Crippen molar-refractivity contribution in [1.29, 1.82) is 0 Å². The number of hydrogen-bond acceptors (Lipinski definition) is 3. The molecule has 0 spiro atoms. The summed E-state index contributed by atoms with van der Waals surface area (Å²) in [6.45, 7) is 15.2. The Bertz CT molecular complexity index is 257. The minimum absolute atomic E-state index is 0.207. The lowest BCUT2D eigenvalue weighted by atomic mass is 9.94. The van der Waals surface area contributed by atoms with Gasteiger partial charge in [-0.25, -0.2) is 0 Å². The van der Waals surface area contributed by atoms with E-state index in [1.165, 1.54) is 5.06 Å². The molecule has 0 rings (SSSR count). The van der Waals surface area contributed by atoms with Crippen molar-refractivity contribution >= 4 is 7.14 Å². The fourth-order valence-electron chi connectivity index (χ4n) is 1.93. The Hall–Kier alpha value is 0.150. The monoisotopic (exact) mass is 235 g/mol. The second-order valence-corrected chi connectivity index (χ2v) is 10.0. The molecule has 1 N–H and O–H groups in total. The molecule has 0 radical (unpaired) electrons. The molecule has 0 bridgehead atoms. The Morgan fingerprint density at radius 1 is 1.07 bits per heavy atom. The highest BCUT2D eigenvalue weighted by Gasteiger charge is 2.42. The Kier molecular flexibility index (Phi) is 4.24. The van der Waals surface area contributed by atoms with E-state index in [0.29, 0.717) is 0 Å². The lowest BCUT2D eigenvalue weighted by Crippen LogP contribution is -2.50. The summed E-state index contributed by atoms with van der Waals surface area (Å²) in [4.78, 5) is 0. The maximum atomic E-state index is 12.2. The van der Waals surface area contributed by atoms with Crippen LogP contribution in [0.25, 0.3) is 0 Å². The van der Waals surface area contributed by atoms with Crippen LogP contribution in [0.15, 0.2) is 0 Å². The summed E-state index contributed by atoms with van der Waals surface area (Å²) < 4.78 is 12.2. The number of rotatable bonds is 2. The number of hydroxylamine groups is 2. The molecule has 0 amide bonds. The van der Waals surface area contributed by atoms with Gasteiger partial charge in [0, 0.05) is 5.54 Å². The van der Waals surface area contributed by atoms with E-state index in [4.69, 9.17) is 0 Å². The Balaban J connectivity index is 5.26. The van der Waals surface area contributed by atoms with Gasteiger partial charge in [-0.05, 0) is 39.5 Å². The summed E-state index contributed by atoms with van der Waals surface area (Å²) in [5, 5.41) is 11.4. The highest BCUT2D eigenvalue weighted by atomic mass is 31.2. The van der Waals surface area contributed by atoms with E-state index in [1.54, 1.807) is 13.3 Å². The third-order valence-electron chi connectivity index (χ3n) is 2.28. The fraction of sp³-hybridized carbons (Fsp3) is 1.00. The molecule has 0 aromatic carbocycles. The van der Waals surface area contributed by atoms with Crippen molar-refractivity contribution in [3.05, 3.63) is 0 Å². The van der Waals surface area contributed by atoms with Gasteiger partial charge in [-0.15, -0.1) is 0 Å². The summed E-state index contributed by atoms with van der Waals surface area (Å²) >= 11 is 0. The molecule has 0 saturated carbocycles. The van der Waals surface area contributed by atoms with Crippen molar-refractivity contribution in [3.63, 3.8) is 0 Å². The zero-order chi connectivity index (χ0) is 12.7. The van der Waals surface area contributed by atoms with Crippen LogP contribution in [0.4, 0.5) is 0 Å². The average molecular weight is 235 g/mol. The van der Waals surface area contributed by atoms with Crippen LogP contribution in [0.3, 0.4) is 0 Å². The van der Waals surface area contributed by atoms with Crippen molar-refractivity contribution in [2.75, 3.05) is 13.3 Å². The molecule has 4 heteroatoms. The van der Waals surface area contributed by atoms with Crippen molar-refractivity contribution in [3.8, 4) is 0 Å². The van der Waals surface area contributed by atoms with Gasteiger partial charge in [0.1, 0.15) is 7.14 Å². The van der Waals surface area contributed by atoms with Crippen molar-refractivity contribution in [2.24, 2.45) is 5.41 Å². The molecule has 0 aliphatic rings.